The van der Waals surface area contributed by atoms with Crippen molar-refractivity contribution >= 4 is 18.3 Å². The Hall–Kier alpha value is -0.320. The monoisotopic (exact) mass is 304 g/mol. The Kier molecular flexibility index (Phi) is 7.27. The van der Waals surface area contributed by atoms with Crippen molar-refractivity contribution < 1.29 is 9.90 Å². The maximum atomic E-state index is 11.9. The number of hydrogen-bond donors (Lipinski definition) is 3. The number of carbonyl (C=O) groups is 1. The fourth-order valence-electron chi connectivity index (χ4n) is 3.37. The van der Waals surface area contributed by atoms with E-state index in [4.69, 9.17) is 0 Å². The summed E-state index contributed by atoms with van der Waals surface area (Å²) >= 11 is 0. The van der Waals surface area contributed by atoms with Crippen molar-refractivity contribution in [2.45, 2.75) is 70.6 Å². The molecule has 2 heterocycles. The first-order valence-corrected chi connectivity index (χ1v) is 7.75. The Balaban J connectivity index is 0.00000200. The SMILES string of the molecule is CC(C)C(O)CCNC(=O)CC1CC2CCC(C1)N2.Cl. The molecule has 0 spiro atoms. The second-order valence-electron chi connectivity index (χ2n) is 6.63. The Morgan fingerprint density at radius 2 is 1.90 bits per heavy atom. The molecule has 20 heavy (non-hydrogen) atoms. The van der Waals surface area contributed by atoms with Crippen molar-refractivity contribution in [3.8, 4) is 0 Å². The van der Waals surface area contributed by atoms with Gasteiger partial charge in [-0.1, -0.05) is 13.8 Å². The quantitative estimate of drug-likeness (QED) is 0.702. The summed E-state index contributed by atoms with van der Waals surface area (Å²) in [7, 11) is 0. The smallest absolute Gasteiger partial charge is 0.220 e. The van der Waals surface area contributed by atoms with Crippen LogP contribution in [0.5, 0.6) is 0 Å². The summed E-state index contributed by atoms with van der Waals surface area (Å²) < 4.78 is 0. The highest BCUT2D eigenvalue weighted by molar-refractivity contribution is 5.85. The zero-order valence-corrected chi connectivity index (χ0v) is 13.4. The van der Waals surface area contributed by atoms with Crippen LogP contribution >= 0.6 is 12.4 Å². The molecule has 0 aliphatic carbocycles. The minimum absolute atomic E-state index is 0. The van der Waals surface area contributed by atoms with Crippen molar-refractivity contribution in [2.75, 3.05) is 6.54 Å². The van der Waals surface area contributed by atoms with Crippen LogP contribution in [0.3, 0.4) is 0 Å². The first kappa shape index (κ1) is 17.7. The molecular formula is C15H29ClN2O2. The maximum absolute atomic E-state index is 11.9. The molecule has 1 amide bonds. The van der Waals surface area contributed by atoms with Crippen LogP contribution in [0, 0.1) is 11.8 Å². The molecule has 2 aliphatic rings. The van der Waals surface area contributed by atoms with E-state index in [9.17, 15) is 9.90 Å². The predicted molar refractivity (Wildman–Crippen MR) is 83.0 cm³/mol. The summed E-state index contributed by atoms with van der Waals surface area (Å²) in [6.45, 7) is 4.59. The predicted octanol–water partition coefficient (Wildman–Crippen LogP) is 1.85. The Bertz CT molecular complexity index is 300. The Morgan fingerprint density at radius 3 is 2.45 bits per heavy atom. The third kappa shape index (κ3) is 5.23. The minimum Gasteiger partial charge on any atom is -0.393 e. The highest BCUT2D eigenvalue weighted by Gasteiger charge is 2.34. The number of aliphatic hydroxyl groups excluding tert-OH is 1. The van der Waals surface area contributed by atoms with Crippen molar-refractivity contribution in [1.82, 2.24) is 10.6 Å². The van der Waals surface area contributed by atoms with Crippen LogP contribution in [0.2, 0.25) is 0 Å². The van der Waals surface area contributed by atoms with E-state index in [0.29, 0.717) is 37.4 Å². The summed E-state index contributed by atoms with van der Waals surface area (Å²) in [6, 6.07) is 1.30. The number of nitrogens with one attached hydrogen (secondary N) is 2. The summed E-state index contributed by atoms with van der Waals surface area (Å²) in [6.07, 6.45) is 5.87. The molecule has 0 saturated carbocycles. The fourth-order valence-corrected chi connectivity index (χ4v) is 3.37. The Labute approximate surface area is 128 Å². The lowest BCUT2D eigenvalue weighted by molar-refractivity contribution is -0.122. The van der Waals surface area contributed by atoms with Crippen molar-refractivity contribution in [2.24, 2.45) is 11.8 Å². The van der Waals surface area contributed by atoms with Gasteiger partial charge in [0.15, 0.2) is 0 Å². The molecule has 5 heteroatoms. The fraction of sp³-hybridized carbons (Fsp3) is 0.933. The van der Waals surface area contributed by atoms with E-state index in [0.717, 1.165) is 12.8 Å². The Morgan fingerprint density at radius 1 is 1.30 bits per heavy atom. The topological polar surface area (TPSA) is 61.4 Å². The second kappa shape index (κ2) is 8.20. The molecule has 0 radical (unpaired) electrons. The average molecular weight is 305 g/mol. The van der Waals surface area contributed by atoms with Gasteiger partial charge in [0.05, 0.1) is 6.10 Å². The summed E-state index contributed by atoms with van der Waals surface area (Å²) in [4.78, 5) is 11.9. The van der Waals surface area contributed by atoms with Crippen LogP contribution in [0.15, 0.2) is 0 Å². The molecule has 3 atom stereocenters. The van der Waals surface area contributed by atoms with E-state index in [1.54, 1.807) is 0 Å². The standard InChI is InChI=1S/C15H28N2O2.ClH/c1-10(2)14(18)5-6-16-15(19)9-11-7-12-3-4-13(8-11)17-12;/h10-14,17-18H,3-9H2,1-2H3,(H,16,19);1H. The first-order chi connectivity index (χ1) is 9.04. The van der Waals surface area contributed by atoms with E-state index in [1.807, 2.05) is 13.8 Å². The lowest BCUT2D eigenvalue weighted by Gasteiger charge is -2.28. The summed E-state index contributed by atoms with van der Waals surface area (Å²) in [5.41, 5.74) is 0. The van der Waals surface area contributed by atoms with Gasteiger partial charge in [0, 0.05) is 25.0 Å². The molecule has 2 saturated heterocycles. The van der Waals surface area contributed by atoms with Gasteiger partial charge in [-0.2, -0.15) is 0 Å². The molecule has 3 N–H and O–H groups in total. The molecule has 0 aromatic rings. The lowest BCUT2D eigenvalue weighted by atomic mass is 9.89. The third-order valence-electron chi connectivity index (χ3n) is 4.58. The molecule has 0 aromatic carbocycles. The molecular weight excluding hydrogens is 276 g/mol. The number of hydrogen-bond acceptors (Lipinski definition) is 3. The lowest BCUT2D eigenvalue weighted by Crippen LogP contribution is -2.40. The van der Waals surface area contributed by atoms with Gasteiger partial charge in [-0.3, -0.25) is 4.79 Å². The number of piperidine rings is 1. The molecule has 0 aromatic heterocycles. The van der Waals surface area contributed by atoms with E-state index >= 15 is 0 Å². The van der Waals surface area contributed by atoms with Crippen LogP contribution in [0.1, 0.15) is 52.4 Å². The van der Waals surface area contributed by atoms with Gasteiger partial charge < -0.3 is 15.7 Å². The van der Waals surface area contributed by atoms with Crippen LogP contribution in [0.4, 0.5) is 0 Å². The molecule has 3 unspecified atom stereocenters. The highest BCUT2D eigenvalue weighted by atomic mass is 35.5. The molecule has 2 bridgehead atoms. The molecule has 2 rings (SSSR count). The number of fused-ring (bicyclic) bond motifs is 2. The zero-order valence-electron chi connectivity index (χ0n) is 12.6. The van der Waals surface area contributed by atoms with E-state index in [2.05, 4.69) is 10.6 Å². The van der Waals surface area contributed by atoms with Crippen LogP contribution in [-0.4, -0.2) is 35.7 Å². The van der Waals surface area contributed by atoms with Gasteiger partial charge in [0.25, 0.3) is 0 Å². The third-order valence-corrected chi connectivity index (χ3v) is 4.58. The molecule has 2 aliphatic heterocycles. The number of carbonyl (C=O) groups excluding carboxylic acids is 1. The summed E-state index contributed by atoms with van der Waals surface area (Å²) in [5.74, 6) is 0.966. The van der Waals surface area contributed by atoms with Gasteiger partial charge in [0.1, 0.15) is 0 Å². The van der Waals surface area contributed by atoms with Crippen LogP contribution in [-0.2, 0) is 4.79 Å². The van der Waals surface area contributed by atoms with Gasteiger partial charge in [-0.15, -0.1) is 12.4 Å². The normalized spacial score (nSPS) is 29.9. The maximum Gasteiger partial charge on any atom is 0.220 e. The number of aliphatic hydroxyl groups is 1. The zero-order chi connectivity index (χ0) is 13.8. The van der Waals surface area contributed by atoms with Crippen LogP contribution in [0.25, 0.3) is 0 Å². The van der Waals surface area contributed by atoms with Gasteiger partial charge >= 0.3 is 0 Å². The summed E-state index contributed by atoms with van der Waals surface area (Å²) in [5, 5.41) is 16.2. The number of rotatable bonds is 6. The van der Waals surface area contributed by atoms with E-state index in [1.165, 1.54) is 12.8 Å². The molecule has 118 valence electrons. The van der Waals surface area contributed by atoms with E-state index in [-0.39, 0.29) is 30.3 Å². The van der Waals surface area contributed by atoms with E-state index < -0.39 is 0 Å². The van der Waals surface area contributed by atoms with Crippen molar-refractivity contribution in [3.05, 3.63) is 0 Å². The molecule has 2 fully saturated rings. The minimum atomic E-state index is -0.310. The first-order valence-electron chi connectivity index (χ1n) is 7.75. The van der Waals surface area contributed by atoms with Gasteiger partial charge in [-0.25, -0.2) is 0 Å². The van der Waals surface area contributed by atoms with Crippen LogP contribution < -0.4 is 10.6 Å². The second-order valence-corrected chi connectivity index (χ2v) is 6.63. The molecule has 4 nitrogen and oxygen atoms in total. The van der Waals surface area contributed by atoms with Crippen molar-refractivity contribution in [1.29, 1.82) is 0 Å². The van der Waals surface area contributed by atoms with Gasteiger partial charge in [-0.05, 0) is 43.9 Å². The number of halogens is 1. The average Bonchev–Trinajstić information content (AvgIpc) is 2.68. The largest absolute Gasteiger partial charge is 0.393 e. The highest BCUT2D eigenvalue weighted by Crippen LogP contribution is 2.32. The van der Waals surface area contributed by atoms with Gasteiger partial charge in [0.2, 0.25) is 5.91 Å². The van der Waals surface area contributed by atoms with Crippen molar-refractivity contribution in [3.63, 3.8) is 0 Å². The number of amides is 1.